The molecule has 1 saturated carbocycles. The van der Waals surface area contributed by atoms with Crippen LogP contribution in [0.4, 0.5) is 0 Å². The number of aromatic nitrogens is 1. The number of hydrogen-bond donors (Lipinski definition) is 1. The van der Waals surface area contributed by atoms with E-state index in [1.807, 2.05) is 4.57 Å². The molecular weight excluding hydrogens is 364 g/mol. The molecule has 2 aromatic rings. The molecule has 0 spiro atoms. The standard InChI is InChI=1S/C17H19ClN2O4S/c1-8(2)13(17(23)24-3)19-15(22)11-7-20(9-4-5-9)16-10(14(11)21)6-12(18)25-16/h6-9,13H,4-5H2,1-3H3,(H,19,22). The van der Waals surface area contributed by atoms with Gasteiger partial charge >= 0.3 is 5.97 Å². The average molecular weight is 383 g/mol. The molecular formula is C17H19ClN2O4S. The van der Waals surface area contributed by atoms with Crippen LogP contribution in [0.15, 0.2) is 17.1 Å². The Labute approximate surface area is 153 Å². The molecule has 2 heterocycles. The first-order valence-electron chi connectivity index (χ1n) is 8.06. The van der Waals surface area contributed by atoms with Crippen LogP contribution in [0.1, 0.15) is 43.1 Å². The Bertz CT molecular complexity index is 898. The number of amides is 1. The number of methoxy groups -OCH3 is 1. The molecule has 0 aliphatic heterocycles. The second kappa shape index (κ2) is 6.80. The summed E-state index contributed by atoms with van der Waals surface area (Å²) in [6.45, 7) is 3.60. The fraction of sp³-hybridized carbons (Fsp3) is 0.471. The molecule has 0 radical (unpaired) electrons. The average Bonchev–Trinajstić information content (AvgIpc) is 3.32. The lowest BCUT2D eigenvalue weighted by Crippen LogP contribution is -2.46. The van der Waals surface area contributed by atoms with Crippen LogP contribution in [0.25, 0.3) is 10.2 Å². The van der Waals surface area contributed by atoms with Gasteiger partial charge in [0.2, 0.25) is 5.43 Å². The smallest absolute Gasteiger partial charge is 0.328 e. The Morgan fingerprint density at radius 1 is 1.40 bits per heavy atom. The highest BCUT2D eigenvalue weighted by atomic mass is 35.5. The highest BCUT2D eigenvalue weighted by molar-refractivity contribution is 7.22. The summed E-state index contributed by atoms with van der Waals surface area (Å²) in [5.74, 6) is -1.28. The van der Waals surface area contributed by atoms with E-state index in [2.05, 4.69) is 5.32 Å². The number of nitrogens with zero attached hydrogens (tertiary/aromatic N) is 1. The van der Waals surface area contributed by atoms with Gasteiger partial charge in [-0.15, -0.1) is 11.3 Å². The number of thiophene rings is 1. The van der Waals surface area contributed by atoms with Crippen molar-refractivity contribution in [3.8, 4) is 0 Å². The molecule has 1 aliphatic carbocycles. The Morgan fingerprint density at radius 3 is 2.64 bits per heavy atom. The molecule has 8 heteroatoms. The molecule has 1 atom stereocenters. The van der Waals surface area contributed by atoms with Gasteiger partial charge in [-0.05, 0) is 24.8 Å². The number of carbonyl (C=O) groups excluding carboxylic acids is 2. The number of halogens is 1. The molecule has 0 saturated heterocycles. The van der Waals surface area contributed by atoms with Crippen LogP contribution in [-0.2, 0) is 9.53 Å². The van der Waals surface area contributed by atoms with E-state index in [4.69, 9.17) is 16.3 Å². The summed E-state index contributed by atoms with van der Waals surface area (Å²) < 4.78 is 7.19. The number of ether oxygens (including phenoxy) is 1. The summed E-state index contributed by atoms with van der Waals surface area (Å²) in [6, 6.07) is 1.07. The molecule has 6 nitrogen and oxygen atoms in total. The summed E-state index contributed by atoms with van der Waals surface area (Å²) in [4.78, 5) is 38.1. The highest BCUT2D eigenvalue weighted by Crippen LogP contribution is 2.39. The molecule has 134 valence electrons. The quantitative estimate of drug-likeness (QED) is 0.806. The van der Waals surface area contributed by atoms with Crippen LogP contribution in [0.2, 0.25) is 4.34 Å². The maximum absolute atomic E-state index is 12.7. The van der Waals surface area contributed by atoms with Crippen molar-refractivity contribution in [2.75, 3.05) is 7.11 Å². The van der Waals surface area contributed by atoms with E-state index in [0.717, 1.165) is 17.7 Å². The van der Waals surface area contributed by atoms with Crippen molar-refractivity contribution < 1.29 is 14.3 Å². The van der Waals surface area contributed by atoms with Crippen molar-refractivity contribution in [1.29, 1.82) is 0 Å². The molecule has 0 aromatic carbocycles. The third-order valence-corrected chi connectivity index (χ3v) is 5.55. The van der Waals surface area contributed by atoms with Gasteiger partial charge in [-0.1, -0.05) is 25.4 Å². The molecule has 1 aliphatic rings. The molecule has 1 fully saturated rings. The number of nitrogens with one attached hydrogen (secondary N) is 1. The Hall–Kier alpha value is -1.86. The lowest BCUT2D eigenvalue weighted by molar-refractivity contribution is -0.144. The second-order valence-electron chi connectivity index (χ2n) is 6.50. The van der Waals surface area contributed by atoms with Crippen LogP contribution >= 0.6 is 22.9 Å². The SMILES string of the molecule is COC(=O)C(NC(=O)c1cn(C2CC2)c2sc(Cl)cc2c1=O)C(C)C. The summed E-state index contributed by atoms with van der Waals surface area (Å²) >= 11 is 7.41. The van der Waals surface area contributed by atoms with E-state index in [-0.39, 0.29) is 23.0 Å². The van der Waals surface area contributed by atoms with Gasteiger partial charge in [0.05, 0.1) is 16.8 Å². The highest BCUT2D eigenvalue weighted by Gasteiger charge is 2.30. The van der Waals surface area contributed by atoms with Gasteiger partial charge < -0.3 is 14.6 Å². The van der Waals surface area contributed by atoms with Crippen molar-refractivity contribution in [3.05, 3.63) is 32.4 Å². The predicted octanol–water partition coefficient (Wildman–Crippen LogP) is 2.98. The number of carbonyl (C=O) groups is 2. The van der Waals surface area contributed by atoms with Crippen LogP contribution in [0.3, 0.4) is 0 Å². The van der Waals surface area contributed by atoms with E-state index in [9.17, 15) is 14.4 Å². The van der Waals surface area contributed by atoms with Gasteiger partial charge in [0.15, 0.2) is 0 Å². The lowest BCUT2D eigenvalue weighted by Gasteiger charge is -2.20. The summed E-state index contributed by atoms with van der Waals surface area (Å²) in [6.07, 6.45) is 3.59. The predicted molar refractivity (Wildman–Crippen MR) is 97.5 cm³/mol. The second-order valence-corrected chi connectivity index (χ2v) is 8.16. The minimum atomic E-state index is -0.812. The lowest BCUT2D eigenvalue weighted by atomic mass is 10.0. The van der Waals surface area contributed by atoms with Gasteiger partial charge in [0, 0.05) is 12.2 Å². The van der Waals surface area contributed by atoms with Gasteiger partial charge in [0.25, 0.3) is 5.91 Å². The normalized spacial score (nSPS) is 15.4. The van der Waals surface area contributed by atoms with Gasteiger partial charge in [-0.25, -0.2) is 4.79 Å². The van der Waals surface area contributed by atoms with E-state index >= 15 is 0 Å². The van der Waals surface area contributed by atoms with Crippen molar-refractivity contribution in [3.63, 3.8) is 0 Å². The molecule has 0 bridgehead atoms. The number of esters is 1. The number of hydrogen-bond acceptors (Lipinski definition) is 5. The molecule has 1 unspecified atom stereocenters. The van der Waals surface area contributed by atoms with Gasteiger partial charge in [0.1, 0.15) is 16.4 Å². The van der Waals surface area contributed by atoms with Crippen molar-refractivity contribution in [2.45, 2.75) is 38.8 Å². The van der Waals surface area contributed by atoms with E-state index in [0.29, 0.717) is 9.72 Å². The maximum Gasteiger partial charge on any atom is 0.328 e. The topological polar surface area (TPSA) is 77.4 Å². The fourth-order valence-electron chi connectivity index (χ4n) is 2.74. The molecule has 3 rings (SSSR count). The maximum atomic E-state index is 12.7. The molecule has 1 N–H and O–H groups in total. The Balaban J connectivity index is 2.03. The van der Waals surface area contributed by atoms with Crippen molar-refractivity contribution >= 4 is 45.0 Å². The fourth-order valence-corrected chi connectivity index (χ4v) is 4.00. The number of pyridine rings is 1. The third kappa shape index (κ3) is 3.43. The minimum Gasteiger partial charge on any atom is -0.467 e. The summed E-state index contributed by atoms with van der Waals surface area (Å²) in [7, 11) is 1.27. The zero-order valence-electron chi connectivity index (χ0n) is 14.2. The van der Waals surface area contributed by atoms with E-state index in [1.54, 1.807) is 26.1 Å². The van der Waals surface area contributed by atoms with Crippen LogP contribution in [0, 0.1) is 5.92 Å². The largest absolute Gasteiger partial charge is 0.467 e. The van der Waals surface area contributed by atoms with E-state index in [1.165, 1.54) is 18.4 Å². The first-order valence-corrected chi connectivity index (χ1v) is 9.25. The molecule has 25 heavy (non-hydrogen) atoms. The Kier molecular flexibility index (Phi) is 4.88. The monoisotopic (exact) mass is 382 g/mol. The minimum absolute atomic E-state index is 0.0171. The number of rotatable bonds is 5. The third-order valence-electron chi connectivity index (χ3n) is 4.27. The Morgan fingerprint density at radius 2 is 2.08 bits per heavy atom. The first kappa shape index (κ1) is 17.9. The molecule has 2 aromatic heterocycles. The summed E-state index contributed by atoms with van der Waals surface area (Å²) in [5, 5.41) is 3.06. The van der Waals surface area contributed by atoms with E-state index < -0.39 is 17.9 Å². The van der Waals surface area contributed by atoms with Crippen LogP contribution in [0.5, 0.6) is 0 Å². The van der Waals surface area contributed by atoms with Crippen LogP contribution in [-0.4, -0.2) is 29.6 Å². The number of fused-ring (bicyclic) bond motifs is 1. The zero-order chi connectivity index (χ0) is 18.3. The summed E-state index contributed by atoms with van der Waals surface area (Å²) in [5.41, 5.74) is -0.358. The van der Waals surface area contributed by atoms with Gasteiger partial charge in [-0.3, -0.25) is 9.59 Å². The first-order chi connectivity index (χ1) is 11.8. The zero-order valence-corrected chi connectivity index (χ0v) is 15.7. The van der Waals surface area contributed by atoms with Gasteiger partial charge in [-0.2, -0.15) is 0 Å². The molecule has 1 amide bonds. The van der Waals surface area contributed by atoms with Crippen LogP contribution < -0.4 is 10.7 Å². The van der Waals surface area contributed by atoms with Crippen molar-refractivity contribution in [1.82, 2.24) is 9.88 Å². The van der Waals surface area contributed by atoms with Crippen molar-refractivity contribution in [2.24, 2.45) is 5.92 Å².